The Bertz CT molecular complexity index is 1560. The number of hydrogen-bond acceptors (Lipinski definition) is 5. The van der Waals surface area contributed by atoms with E-state index in [0.29, 0.717) is 22.6 Å². The van der Waals surface area contributed by atoms with Gasteiger partial charge in [-0.3, -0.25) is 9.20 Å². The molecular weight excluding hydrogens is 433 g/mol. The number of amides is 1. The van der Waals surface area contributed by atoms with Crippen molar-refractivity contribution in [2.75, 3.05) is 5.73 Å². The summed E-state index contributed by atoms with van der Waals surface area (Å²) in [5, 5.41) is 2.93. The number of carbonyl (C=O) groups is 1. The van der Waals surface area contributed by atoms with Gasteiger partial charge in [-0.1, -0.05) is 6.07 Å². The van der Waals surface area contributed by atoms with Gasteiger partial charge in [0.1, 0.15) is 11.5 Å². The fourth-order valence-electron chi connectivity index (χ4n) is 3.94. The van der Waals surface area contributed by atoms with E-state index in [4.69, 9.17) is 5.73 Å². The first-order valence-electron chi connectivity index (χ1n) is 10.8. The zero-order valence-electron chi connectivity index (χ0n) is 19.3. The highest BCUT2D eigenvalue weighted by molar-refractivity contribution is 5.95. The Morgan fingerprint density at radius 1 is 1.06 bits per heavy atom. The highest BCUT2D eigenvalue weighted by Gasteiger charge is 2.23. The van der Waals surface area contributed by atoms with Gasteiger partial charge in [0, 0.05) is 29.9 Å². The molecule has 0 saturated carbocycles. The number of nitrogens with two attached hydrogens (primary N) is 1. The second-order valence-corrected chi connectivity index (χ2v) is 9.28. The van der Waals surface area contributed by atoms with Crippen LogP contribution in [0.15, 0.2) is 55.0 Å². The van der Waals surface area contributed by atoms with Crippen LogP contribution in [0.1, 0.15) is 31.3 Å². The first-order valence-corrected chi connectivity index (χ1v) is 10.8. The lowest BCUT2D eigenvalue weighted by atomic mass is 10.0. The van der Waals surface area contributed by atoms with E-state index in [1.54, 1.807) is 29.1 Å². The molecular formula is C25H24FN7O. The molecule has 5 aromatic rings. The number of anilines is 1. The summed E-state index contributed by atoms with van der Waals surface area (Å²) in [6.45, 7) is 5.70. The van der Waals surface area contributed by atoms with E-state index < -0.39 is 5.54 Å². The molecule has 0 unspecified atom stereocenters. The second kappa shape index (κ2) is 7.65. The van der Waals surface area contributed by atoms with Gasteiger partial charge >= 0.3 is 0 Å². The lowest BCUT2D eigenvalue weighted by Crippen LogP contribution is -2.40. The van der Waals surface area contributed by atoms with Crippen LogP contribution < -0.4 is 11.1 Å². The van der Waals surface area contributed by atoms with E-state index in [2.05, 4.69) is 20.3 Å². The van der Waals surface area contributed by atoms with Crippen LogP contribution >= 0.6 is 0 Å². The van der Waals surface area contributed by atoms with Crippen molar-refractivity contribution in [1.82, 2.24) is 29.2 Å². The number of rotatable bonds is 3. The standard InChI is InChI=1S/C25H24FN7O/c1-25(2,3)31-24(34)18-12-33-21(15-7-10-17-19(11-15)32(4)13-28-17)20(30-22(27)23(33)29-18)14-5-8-16(26)9-6-14/h5-13H,1-4H3,(H2,27,30)(H,31,34). The van der Waals surface area contributed by atoms with Crippen LogP contribution in [0, 0.1) is 5.82 Å². The van der Waals surface area contributed by atoms with Crippen molar-refractivity contribution in [1.29, 1.82) is 0 Å². The number of aryl methyl sites for hydroxylation is 1. The van der Waals surface area contributed by atoms with E-state index in [-0.39, 0.29) is 23.2 Å². The Kier molecular flexibility index (Phi) is 4.85. The molecule has 34 heavy (non-hydrogen) atoms. The van der Waals surface area contributed by atoms with Gasteiger partial charge < -0.3 is 15.6 Å². The second-order valence-electron chi connectivity index (χ2n) is 9.28. The molecule has 0 bridgehead atoms. The number of carbonyl (C=O) groups excluding carboxylic acids is 1. The summed E-state index contributed by atoms with van der Waals surface area (Å²) in [6, 6.07) is 11.9. The molecule has 172 valence electrons. The quantitative estimate of drug-likeness (QED) is 0.423. The maximum Gasteiger partial charge on any atom is 0.271 e. The number of benzene rings is 2. The lowest BCUT2D eigenvalue weighted by molar-refractivity contribution is 0.0915. The maximum atomic E-state index is 13.7. The molecule has 0 aliphatic heterocycles. The van der Waals surface area contributed by atoms with Crippen molar-refractivity contribution in [2.24, 2.45) is 7.05 Å². The summed E-state index contributed by atoms with van der Waals surface area (Å²) in [4.78, 5) is 26.4. The predicted molar refractivity (Wildman–Crippen MR) is 130 cm³/mol. The smallest absolute Gasteiger partial charge is 0.271 e. The van der Waals surface area contributed by atoms with Gasteiger partial charge in [-0.05, 0) is 57.2 Å². The Labute approximate surface area is 195 Å². The van der Waals surface area contributed by atoms with Crippen LogP contribution in [0.3, 0.4) is 0 Å². The highest BCUT2D eigenvalue weighted by Crippen LogP contribution is 2.35. The monoisotopic (exact) mass is 457 g/mol. The summed E-state index contributed by atoms with van der Waals surface area (Å²) in [5.74, 6) is -0.495. The van der Waals surface area contributed by atoms with E-state index in [0.717, 1.165) is 16.6 Å². The average molecular weight is 458 g/mol. The Balaban J connectivity index is 1.80. The van der Waals surface area contributed by atoms with Gasteiger partial charge in [0.2, 0.25) is 0 Å². The first-order chi connectivity index (χ1) is 16.1. The van der Waals surface area contributed by atoms with Crippen molar-refractivity contribution in [2.45, 2.75) is 26.3 Å². The topological polar surface area (TPSA) is 103 Å². The zero-order valence-corrected chi connectivity index (χ0v) is 19.3. The molecule has 8 nitrogen and oxygen atoms in total. The van der Waals surface area contributed by atoms with Crippen molar-refractivity contribution < 1.29 is 9.18 Å². The minimum Gasteiger partial charge on any atom is -0.381 e. The Morgan fingerprint density at radius 2 is 1.76 bits per heavy atom. The zero-order chi connectivity index (χ0) is 24.2. The van der Waals surface area contributed by atoms with Gasteiger partial charge in [-0.25, -0.2) is 19.3 Å². The number of aromatic nitrogens is 5. The molecule has 9 heteroatoms. The minimum atomic E-state index is -0.427. The van der Waals surface area contributed by atoms with Crippen LogP contribution in [-0.2, 0) is 7.05 Å². The maximum absolute atomic E-state index is 13.7. The molecule has 2 aromatic carbocycles. The SMILES string of the molecule is Cn1cnc2ccc(-c3c(-c4ccc(F)cc4)nc(N)c4nc(C(=O)NC(C)(C)C)cn34)cc21. The molecule has 0 saturated heterocycles. The molecule has 0 aliphatic rings. The predicted octanol–water partition coefficient (Wildman–Crippen LogP) is 4.20. The fraction of sp³-hybridized carbons (Fsp3) is 0.200. The number of nitrogen functional groups attached to an aromatic ring is 1. The summed E-state index contributed by atoms with van der Waals surface area (Å²) < 4.78 is 17.4. The van der Waals surface area contributed by atoms with Crippen molar-refractivity contribution in [3.63, 3.8) is 0 Å². The molecule has 0 atom stereocenters. The van der Waals surface area contributed by atoms with E-state index in [1.807, 2.05) is 50.6 Å². The number of nitrogens with zero attached hydrogens (tertiary/aromatic N) is 5. The minimum absolute atomic E-state index is 0.166. The summed E-state index contributed by atoms with van der Waals surface area (Å²) >= 11 is 0. The van der Waals surface area contributed by atoms with Gasteiger partial charge in [0.15, 0.2) is 11.5 Å². The van der Waals surface area contributed by atoms with Gasteiger partial charge in [0.25, 0.3) is 5.91 Å². The van der Waals surface area contributed by atoms with Crippen LogP contribution in [-0.4, -0.2) is 35.4 Å². The summed E-state index contributed by atoms with van der Waals surface area (Å²) in [6.07, 6.45) is 3.41. The number of nitrogens with one attached hydrogen (secondary N) is 1. The van der Waals surface area contributed by atoms with E-state index in [1.165, 1.54) is 12.1 Å². The van der Waals surface area contributed by atoms with Crippen molar-refractivity contribution >= 4 is 28.4 Å². The summed E-state index contributed by atoms with van der Waals surface area (Å²) in [7, 11) is 1.92. The van der Waals surface area contributed by atoms with Crippen LogP contribution in [0.25, 0.3) is 39.2 Å². The van der Waals surface area contributed by atoms with Gasteiger partial charge in [0.05, 0.1) is 28.7 Å². The Hall–Kier alpha value is -4.27. The first kappa shape index (κ1) is 21.6. The third-order valence-corrected chi connectivity index (χ3v) is 5.47. The molecule has 5 rings (SSSR count). The molecule has 3 heterocycles. The normalized spacial score (nSPS) is 11.9. The average Bonchev–Trinajstić information content (AvgIpc) is 3.38. The molecule has 0 spiro atoms. The molecule has 0 aliphatic carbocycles. The van der Waals surface area contributed by atoms with Gasteiger partial charge in [-0.2, -0.15) is 0 Å². The number of hydrogen-bond donors (Lipinski definition) is 2. The third-order valence-electron chi connectivity index (χ3n) is 5.47. The van der Waals surface area contributed by atoms with Crippen molar-refractivity contribution in [3.8, 4) is 22.5 Å². The lowest BCUT2D eigenvalue weighted by Gasteiger charge is -2.19. The largest absolute Gasteiger partial charge is 0.381 e. The van der Waals surface area contributed by atoms with Crippen LogP contribution in [0.4, 0.5) is 10.2 Å². The number of fused-ring (bicyclic) bond motifs is 2. The molecule has 1 amide bonds. The fourth-order valence-corrected chi connectivity index (χ4v) is 3.94. The summed E-state index contributed by atoms with van der Waals surface area (Å²) in [5.41, 5.74) is 11.0. The Morgan fingerprint density at radius 3 is 2.47 bits per heavy atom. The van der Waals surface area contributed by atoms with Crippen LogP contribution in [0.5, 0.6) is 0 Å². The number of imidazole rings is 2. The molecule has 0 radical (unpaired) electrons. The van der Waals surface area contributed by atoms with Crippen molar-refractivity contribution in [3.05, 3.63) is 66.5 Å². The molecule has 0 fully saturated rings. The number of halogens is 1. The van der Waals surface area contributed by atoms with Gasteiger partial charge in [-0.15, -0.1) is 0 Å². The molecule has 3 N–H and O–H groups in total. The van der Waals surface area contributed by atoms with E-state index >= 15 is 0 Å². The third kappa shape index (κ3) is 3.75. The molecule has 3 aromatic heterocycles. The van der Waals surface area contributed by atoms with Crippen LogP contribution in [0.2, 0.25) is 0 Å². The highest BCUT2D eigenvalue weighted by atomic mass is 19.1. The van der Waals surface area contributed by atoms with E-state index in [9.17, 15) is 9.18 Å².